The van der Waals surface area contributed by atoms with E-state index in [1.54, 1.807) is 87.0 Å². The summed E-state index contributed by atoms with van der Waals surface area (Å²) in [7, 11) is 4.49. The highest BCUT2D eigenvalue weighted by atomic mass is 19.1. The number of hydrogen-bond acceptors (Lipinski definition) is 8. The number of benzene rings is 3. The van der Waals surface area contributed by atoms with E-state index in [2.05, 4.69) is 4.98 Å². The van der Waals surface area contributed by atoms with Crippen LogP contribution in [0.5, 0.6) is 11.6 Å². The van der Waals surface area contributed by atoms with Crippen LogP contribution in [-0.4, -0.2) is 60.8 Å². The minimum atomic E-state index is -0.448. The third-order valence-corrected chi connectivity index (χ3v) is 6.95. The van der Waals surface area contributed by atoms with Gasteiger partial charge in [-0.3, -0.25) is 4.79 Å². The van der Waals surface area contributed by atoms with Crippen LogP contribution in [0, 0.1) is 5.82 Å². The second-order valence-corrected chi connectivity index (χ2v) is 9.65. The topological polar surface area (TPSA) is 102 Å². The molecule has 10 heteroatoms. The van der Waals surface area contributed by atoms with E-state index in [1.807, 2.05) is 4.57 Å². The van der Waals surface area contributed by atoms with Crippen molar-refractivity contribution < 1.29 is 32.9 Å². The number of methoxy groups -OCH3 is 3. The minimum absolute atomic E-state index is 0.193. The molecule has 0 unspecified atom stereocenters. The van der Waals surface area contributed by atoms with Crippen LogP contribution in [0.25, 0.3) is 22.3 Å². The van der Waals surface area contributed by atoms with E-state index in [1.165, 1.54) is 13.2 Å². The summed E-state index contributed by atoms with van der Waals surface area (Å²) in [5.41, 5.74) is 3.82. The standard InChI is InChI=1S/C33H30FN3O6/c1-40-16-15-37-29-18-24(33(39)42-3)11-14-28(29)35-31(37)19-22-7-8-23(17-26(22)34)27-5-4-6-32(36-27)43-20-30(38)21-9-12-25(41-2)13-10-21/h4-14,17-18H,15-16,19-20H2,1-3H3. The molecular formula is C33H30FN3O6. The van der Waals surface area contributed by atoms with E-state index in [0.29, 0.717) is 58.2 Å². The van der Waals surface area contributed by atoms with Gasteiger partial charge in [-0.15, -0.1) is 0 Å². The third-order valence-electron chi connectivity index (χ3n) is 6.95. The normalized spacial score (nSPS) is 11.0. The second kappa shape index (κ2) is 13.3. The summed E-state index contributed by atoms with van der Waals surface area (Å²) >= 11 is 0. The number of esters is 1. The fourth-order valence-electron chi connectivity index (χ4n) is 4.66. The number of pyridine rings is 1. The number of aromatic nitrogens is 3. The molecule has 3 aromatic carbocycles. The number of fused-ring (bicyclic) bond motifs is 1. The number of ether oxygens (including phenoxy) is 4. The second-order valence-electron chi connectivity index (χ2n) is 9.65. The van der Waals surface area contributed by atoms with Gasteiger partial charge in [0.25, 0.3) is 0 Å². The molecule has 2 aromatic heterocycles. The number of hydrogen-bond donors (Lipinski definition) is 0. The van der Waals surface area contributed by atoms with Crippen molar-refractivity contribution in [2.45, 2.75) is 13.0 Å². The average Bonchev–Trinajstić information content (AvgIpc) is 3.39. The van der Waals surface area contributed by atoms with Crippen molar-refractivity contribution >= 4 is 22.8 Å². The molecule has 2 heterocycles. The van der Waals surface area contributed by atoms with E-state index in [4.69, 9.17) is 23.9 Å². The number of ketones is 1. The monoisotopic (exact) mass is 583 g/mol. The number of Topliss-reactive ketones (excluding diaryl/α,β-unsaturated/α-hetero) is 1. The fourth-order valence-corrected chi connectivity index (χ4v) is 4.66. The first-order valence-electron chi connectivity index (χ1n) is 13.5. The van der Waals surface area contributed by atoms with E-state index in [0.717, 1.165) is 5.52 Å². The van der Waals surface area contributed by atoms with Crippen LogP contribution in [0.15, 0.2) is 78.9 Å². The summed E-state index contributed by atoms with van der Waals surface area (Å²) < 4.78 is 38.3. The highest BCUT2D eigenvalue weighted by Crippen LogP contribution is 2.26. The Morgan fingerprint density at radius 2 is 1.67 bits per heavy atom. The molecule has 5 rings (SSSR count). The van der Waals surface area contributed by atoms with Gasteiger partial charge in [0.1, 0.15) is 17.4 Å². The average molecular weight is 584 g/mol. The lowest BCUT2D eigenvalue weighted by Crippen LogP contribution is -2.12. The van der Waals surface area contributed by atoms with Crippen molar-refractivity contribution in [1.29, 1.82) is 0 Å². The lowest BCUT2D eigenvalue weighted by molar-refractivity contribution is 0.0600. The Kier molecular flexibility index (Phi) is 9.07. The summed E-state index contributed by atoms with van der Waals surface area (Å²) in [4.78, 5) is 33.8. The molecule has 0 spiro atoms. The fraction of sp³-hybridized carbons (Fsp3) is 0.212. The van der Waals surface area contributed by atoms with Crippen LogP contribution in [0.3, 0.4) is 0 Å². The molecule has 0 aliphatic heterocycles. The molecule has 43 heavy (non-hydrogen) atoms. The number of nitrogens with zero attached hydrogens (tertiary/aromatic N) is 3. The number of halogens is 1. The van der Waals surface area contributed by atoms with Gasteiger partial charge < -0.3 is 23.5 Å². The van der Waals surface area contributed by atoms with Gasteiger partial charge in [-0.05, 0) is 60.2 Å². The van der Waals surface area contributed by atoms with Crippen molar-refractivity contribution in [2.24, 2.45) is 0 Å². The van der Waals surface area contributed by atoms with Crippen LogP contribution < -0.4 is 9.47 Å². The number of carbonyl (C=O) groups is 2. The molecule has 0 aliphatic carbocycles. The van der Waals surface area contributed by atoms with Crippen molar-refractivity contribution in [3.63, 3.8) is 0 Å². The summed E-state index contributed by atoms with van der Waals surface area (Å²) in [5.74, 6) is 0.475. The van der Waals surface area contributed by atoms with Crippen LogP contribution in [0.1, 0.15) is 32.1 Å². The number of carbonyl (C=O) groups excluding carboxylic acids is 2. The zero-order valence-electron chi connectivity index (χ0n) is 24.0. The van der Waals surface area contributed by atoms with Gasteiger partial charge in [-0.25, -0.2) is 19.2 Å². The van der Waals surface area contributed by atoms with E-state index >= 15 is 4.39 Å². The zero-order chi connectivity index (χ0) is 30.3. The highest BCUT2D eigenvalue weighted by molar-refractivity contribution is 5.97. The van der Waals surface area contributed by atoms with Crippen molar-refractivity contribution in [1.82, 2.24) is 14.5 Å². The van der Waals surface area contributed by atoms with Gasteiger partial charge in [-0.1, -0.05) is 18.2 Å². The van der Waals surface area contributed by atoms with Gasteiger partial charge >= 0.3 is 5.97 Å². The molecule has 0 N–H and O–H groups in total. The molecule has 0 radical (unpaired) electrons. The summed E-state index contributed by atoms with van der Waals surface area (Å²) in [6.45, 7) is 0.698. The predicted molar refractivity (Wildman–Crippen MR) is 158 cm³/mol. The summed E-state index contributed by atoms with van der Waals surface area (Å²) in [6, 6.07) is 21.9. The largest absolute Gasteiger partial charge is 0.497 e. The Morgan fingerprint density at radius 1 is 0.884 bits per heavy atom. The quantitative estimate of drug-likeness (QED) is 0.140. The van der Waals surface area contributed by atoms with Crippen molar-refractivity contribution in [2.75, 3.05) is 34.5 Å². The van der Waals surface area contributed by atoms with Gasteiger partial charge in [0, 0.05) is 37.3 Å². The molecular weight excluding hydrogens is 553 g/mol. The number of rotatable bonds is 12. The van der Waals surface area contributed by atoms with E-state index < -0.39 is 11.8 Å². The first-order chi connectivity index (χ1) is 20.9. The van der Waals surface area contributed by atoms with Crippen LogP contribution in [0.4, 0.5) is 4.39 Å². The molecule has 0 bridgehead atoms. The van der Waals surface area contributed by atoms with Gasteiger partial charge in [0.2, 0.25) is 5.88 Å². The minimum Gasteiger partial charge on any atom is -0.497 e. The molecule has 0 amide bonds. The maximum absolute atomic E-state index is 15.4. The molecule has 0 aliphatic rings. The maximum Gasteiger partial charge on any atom is 0.337 e. The van der Waals surface area contributed by atoms with Crippen molar-refractivity contribution in [3.05, 3.63) is 107 Å². The number of imidazole rings is 1. The molecule has 0 saturated heterocycles. The maximum atomic E-state index is 15.4. The molecule has 220 valence electrons. The third kappa shape index (κ3) is 6.70. The lowest BCUT2D eigenvalue weighted by atomic mass is 10.1. The smallest absolute Gasteiger partial charge is 0.337 e. The van der Waals surface area contributed by atoms with Crippen LogP contribution in [0.2, 0.25) is 0 Å². The zero-order valence-corrected chi connectivity index (χ0v) is 24.0. The Morgan fingerprint density at radius 3 is 2.40 bits per heavy atom. The molecule has 0 saturated carbocycles. The summed E-state index contributed by atoms with van der Waals surface area (Å²) in [6.07, 6.45) is 0.224. The molecule has 0 fully saturated rings. The first-order valence-corrected chi connectivity index (χ1v) is 13.5. The van der Waals surface area contributed by atoms with E-state index in [-0.39, 0.29) is 24.7 Å². The molecule has 0 atom stereocenters. The molecule has 5 aromatic rings. The van der Waals surface area contributed by atoms with Gasteiger partial charge in [0.05, 0.1) is 43.1 Å². The molecule has 9 nitrogen and oxygen atoms in total. The van der Waals surface area contributed by atoms with Crippen LogP contribution >= 0.6 is 0 Å². The Hall–Kier alpha value is -5.09. The summed E-state index contributed by atoms with van der Waals surface area (Å²) in [5, 5.41) is 0. The lowest BCUT2D eigenvalue weighted by Gasteiger charge is -2.11. The highest BCUT2D eigenvalue weighted by Gasteiger charge is 2.17. The Labute approximate surface area is 247 Å². The first kappa shape index (κ1) is 29.4. The Balaban J connectivity index is 1.33. The van der Waals surface area contributed by atoms with Gasteiger partial charge in [0.15, 0.2) is 12.4 Å². The van der Waals surface area contributed by atoms with E-state index in [9.17, 15) is 9.59 Å². The predicted octanol–water partition coefficient (Wildman–Crippen LogP) is 5.53. The van der Waals surface area contributed by atoms with Gasteiger partial charge in [-0.2, -0.15) is 0 Å². The van der Waals surface area contributed by atoms with Crippen LogP contribution in [-0.2, 0) is 22.4 Å². The Bertz CT molecular complexity index is 1770. The SMILES string of the molecule is COCCn1c(Cc2ccc(-c3cccc(OCC(=O)c4ccc(OC)cc4)n3)cc2F)nc2ccc(C(=O)OC)cc21. The van der Waals surface area contributed by atoms with Crippen molar-refractivity contribution in [3.8, 4) is 22.9 Å².